The predicted octanol–water partition coefficient (Wildman–Crippen LogP) is 4.13. The van der Waals surface area contributed by atoms with Crippen molar-refractivity contribution in [2.75, 3.05) is 14.2 Å². The maximum atomic E-state index is 12.9. The number of alkyl halides is 3. The Balaban J connectivity index is 1.84. The highest BCUT2D eigenvalue weighted by atomic mass is 19.4. The molecule has 0 unspecified atom stereocenters. The standard InChI is InChI=1S/C23H23F3N4O4/c1-13(2)20-17(12-29-30(20)19-8-6-15(11-27-19)23(24,25)26)21(31)28-10-14-5-7-18(33-3)16(9-14)22(32)34-4/h5-9,11-13H,10H2,1-4H3,(H,28,31). The third kappa shape index (κ3) is 5.19. The number of ether oxygens (including phenoxy) is 2. The van der Waals surface area contributed by atoms with Gasteiger partial charge in [-0.2, -0.15) is 18.3 Å². The van der Waals surface area contributed by atoms with Gasteiger partial charge in [0, 0.05) is 12.7 Å². The first-order valence-corrected chi connectivity index (χ1v) is 10.2. The number of carbonyl (C=O) groups excluding carboxylic acids is 2. The summed E-state index contributed by atoms with van der Waals surface area (Å²) < 4.78 is 49.8. The van der Waals surface area contributed by atoms with E-state index < -0.39 is 23.6 Å². The van der Waals surface area contributed by atoms with E-state index in [1.165, 1.54) is 31.2 Å². The molecule has 0 aliphatic heterocycles. The van der Waals surface area contributed by atoms with Crippen molar-refractivity contribution in [1.82, 2.24) is 20.1 Å². The molecule has 0 aliphatic carbocycles. The van der Waals surface area contributed by atoms with Gasteiger partial charge in [0.1, 0.15) is 11.3 Å². The zero-order valence-corrected chi connectivity index (χ0v) is 18.9. The minimum atomic E-state index is -4.50. The van der Waals surface area contributed by atoms with Crippen LogP contribution in [0.4, 0.5) is 13.2 Å². The lowest BCUT2D eigenvalue weighted by atomic mass is 10.0. The number of esters is 1. The van der Waals surface area contributed by atoms with Gasteiger partial charge in [-0.25, -0.2) is 14.5 Å². The molecule has 0 saturated heterocycles. The van der Waals surface area contributed by atoms with Crippen LogP contribution in [0.2, 0.25) is 0 Å². The quantitative estimate of drug-likeness (QED) is 0.515. The van der Waals surface area contributed by atoms with Gasteiger partial charge in [0.25, 0.3) is 5.91 Å². The number of nitrogens with one attached hydrogen (secondary N) is 1. The summed E-state index contributed by atoms with van der Waals surface area (Å²) in [6.07, 6.45) is -2.43. The normalized spacial score (nSPS) is 11.4. The second-order valence-electron chi connectivity index (χ2n) is 7.62. The second-order valence-corrected chi connectivity index (χ2v) is 7.62. The monoisotopic (exact) mass is 476 g/mol. The molecule has 0 radical (unpaired) electrons. The number of halogens is 3. The molecule has 3 rings (SSSR count). The molecule has 1 aromatic carbocycles. The van der Waals surface area contributed by atoms with Gasteiger partial charge in [-0.15, -0.1) is 0 Å². The molecule has 0 atom stereocenters. The van der Waals surface area contributed by atoms with E-state index in [-0.39, 0.29) is 29.4 Å². The number of carbonyl (C=O) groups is 2. The van der Waals surface area contributed by atoms with Gasteiger partial charge in [-0.05, 0) is 35.7 Å². The Morgan fingerprint density at radius 1 is 1.09 bits per heavy atom. The number of nitrogens with zero attached hydrogens (tertiary/aromatic N) is 3. The summed E-state index contributed by atoms with van der Waals surface area (Å²) in [6, 6.07) is 6.97. The van der Waals surface area contributed by atoms with Crippen molar-refractivity contribution in [2.24, 2.45) is 0 Å². The summed E-state index contributed by atoms with van der Waals surface area (Å²) >= 11 is 0. The fourth-order valence-corrected chi connectivity index (χ4v) is 3.36. The number of amides is 1. The Labute approximate surface area is 193 Å². The smallest absolute Gasteiger partial charge is 0.417 e. The van der Waals surface area contributed by atoms with Gasteiger partial charge in [0.15, 0.2) is 5.82 Å². The summed E-state index contributed by atoms with van der Waals surface area (Å²) in [5, 5.41) is 6.95. The fourth-order valence-electron chi connectivity index (χ4n) is 3.36. The van der Waals surface area contributed by atoms with E-state index in [0.717, 1.165) is 12.3 Å². The molecule has 180 valence electrons. The number of methoxy groups -OCH3 is 2. The van der Waals surface area contributed by atoms with Crippen LogP contribution in [-0.2, 0) is 17.5 Å². The van der Waals surface area contributed by atoms with E-state index in [1.807, 2.05) is 13.8 Å². The molecule has 2 heterocycles. The first-order valence-electron chi connectivity index (χ1n) is 10.2. The van der Waals surface area contributed by atoms with Gasteiger partial charge in [-0.3, -0.25) is 4.79 Å². The Morgan fingerprint density at radius 2 is 1.82 bits per heavy atom. The summed E-state index contributed by atoms with van der Waals surface area (Å²) in [4.78, 5) is 28.8. The van der Waals surface area contributed by atoms with Crippen molar-refractivity contribution in [1.29, 1.82) is 0 Å². The van der Waals surface area contributed by atoms with E-state index in [9.17, 15) is 22.8 Å². The van der Waals surface area contributed by atoms with E-state index in [0.29, 0.717) is 17.0 Å². The predicted molar refractivity (Wildman–Crippen MR) is 116 cm³/mol. The first-order chi connectivity index (χ1) is 16.1. The minimum Gasteiger partial charge on any atom is -0.496 e. The molecule has 0 saturated carbocycles. The molecule has 11 heteroatoms. The number of pyridine rings is 1. The molecule has 3 aromatic rings. The Bertz CT molecular complexity index is 1190. The van der Waals surface area contributed by atoms with Crippen LogP contribution in [0.1, 0.15) is 57.3 Å². The molecule has 1 amide bonds. The maximum Gasteiger partial charge on any atom is 0.417 e. The Kier molecular flexibility index (Phi) is 7.23. The van der Waals surface area contributed by atoms with Gasteiger partial charge in [-0.1, -0.05) is 19.9 Å². The summed E-state index contributed by atoms with van der Waals surface area (Å²) in [5.41, 5.74) is 0.740. The molecule has 34 heavy (non-hydrogen) atoms. The summed E-state index contributed by atoms with van der Waals surface area (Å²) in [7, 11) is 2.69. The average molecular weight is 476 g/mol. The number of benzene rings is 1. The average Bonchev–Trinajstić information content (AvgIpc) is 3.27. The highest BCUT2D eigenvalue weighted by Crippen LogP contribution is 2.29. The zero-order valence-electron chi connectivity index (χ0n) is 18.9. The number of aromatic nitrogens is 3. The van der Waals surface area contributed by atoms with Crippen LogP contribution >= 0.6 is 0 Å². The van der Waals surface area contributed by atoms with Crippen LogP contribution in [0.15, 0.2) is 42.7 Å². The topological polar surface area (TPSA) is 95.3 Å². The lowest BCUT2D eigenvalue weighted by Crippen LogP contribution is -2.24. The highest BCUT2D eigenvalue weighted by molar-refractivity contribution is 5.95. The SMILES string of the molecule is COC(=O)c1cc(CNC(=O)c2cnn(-c3ccc(C(F)(F)F)cn3)c2C(C)C)ccc1OC. The summed E-state index contributed by atoms with van der Waals surface area (Å²) in [5.74, 6) is -0.683. The Morgan fingerprint density at radius 3 is 2.38 bits per heavy atom. The molecule has 0 aliphatic rings. The van der Waals surface area contributed by atoms with E-state index in [4.69, 9.17) is 9.47 Å². The molecule has 0 spiro atoms. The van der Waals surface area contributed by atoms with Crippen molar-refractivity contribution in [2.45, 2.75) is 32.5 Å². The van der Waals surface area contributed by atoms with Crippen LogP contribution in [0.5, 0.6) is 5.75 Å². The lowest BCUT2D eigenvalue weighted by molar-refractivity contribution is -0.137. The van der Waals surface area contributed by atoms with Crippen LogP contribution in [0, 0.1) is 0 Å². The molecule has 1 N–H and O–H groups in total. The molecular formula is C23H23F3N4O4. The zero-order chi connectivity index (χ0) is 25.0. The molecule has 0 fully saturated rings. The van der Waals surface area contributed by atoms with E-state index in [1.54, 1.807) is 18.2 Å². The van der Waals surface area contributed by atoms with Crippen LogP contribution < -0.4 is 10.1 Å². The lowest BCUT2D eigenvalue weighted by Gasteiger charge is -2.13. The number of hydrogen-bond acceptors (Lipinski definition) is 6. The fraction of sp³-hybridized carbons (Fsp3) is 0.304. The van der Waals surface area contributed by atoms with Gasteiger partial charge in [0.2, 0.25) is 0 Å². The minimum absolute atomic E-state index is 0.105. The highest BCUT2D eigenvalue weighted by Gasteiger charge is 2.31. The van der Waals surface area contributed by atoms with E-state index in [2.05, 4.69) is 15.4 Å². The third-order valence-electron chi connectivity index (χ3n) is 5.01. The van der Waals surface area contributed by atoms with Crippen LogP contribution in [0.3, 0.4) is 0 Å². The van der Waals surface area contributed by atoms with Crippen molar-refractivity contribution < 1.29 is 32.2 Å². The van der Waals surface area contributed by atoms with Crippen LogP contribution in [0.25, 0.3) is 5.82 Å². The molecular weight excluding hydrogens is 453 g/mol. The van der Waals surface area contributed by atoms with Gasteiger partial charge >= 0.3 is 12.1 Å². The number of rotatable bonds is 7. The number of hydrogen-bond donors (Lipinski definition) is 1. The Hall–Kier alpha value is -3.89. The van der Waals surface area contributed by atoms with E-state index >= 15 is 0 Å². The van der Waals surface area contributed by atoms with Crippen molar-refractivity contribution in [3.05, 3.63) is 70.7 Å². The largest absolute Gasteiger partial charge is 0.496 e. The molecule has 0 bridgehead atoms. The van der Waals surface area contributed by atoms with Gasteiger partial charge < -0.3 is 14.8 Å². The maximum absolute atomic E-state index is 12.9. The van der Waals surface area contributed by atoms with Gasteiger partial charge in [0.05, 0.1) is 37.2 Å². The van der Waals surface area contributed by atoms with Crippen molar-refractivity contribution in [3.8, 4) is 11.6 Å². The third-order valence-corrected chi connectivity index (χ3v) is 5.01. The first kappa shape index (κ1) is 24.7. The second kappa shape index (κ2) is 9.94. The van der Waals surface area contributed by atoms with Crippen molar-refractivity contribution in [3.63, 3.8) is 0 Å². The molecule has 2 aromatic heterocycles. The van der Waals surface area contributed by atoms with Crippen molar-refractivity contribution >= 4 is 11.9 Å². The molecule has 8 nitrogen and oxygen atoms in total. The van der Waals surface area contributed by atoms with Crippen LogP contribution in [-0.4, -0.2) is 40.9 Å². The summed E-state index contributed by atoms with van der Waals surface area (Å²) in [6.45, 7) is 3.77.